The minimum absolute atomic E-state index is 0.0266. The molecule has 0 saturated carbocycles. The Balaban J connectivity index is 1.26. The van der Waals surface area contributed by atoms with Gasteiger partial charge in [-0.1, -0.05) is 24.3 Å². The zero-order valence-corrected chi connectivity index (χ0v) is 23.7. The molecule has 1 aliphatic rings. The second-order valence-electron chi connectivity index (χ2n) is 9.83. The number of amides is 2. The summed E-state index contributed by atoms with van der Waals surface area (Å²) in [4.78, 5) is 36.4. The molecule has 4 aromatic carbocycles. The number of hydrogen-bond donors (Lipinski definition) is 4. The quantitative estimate of drug-likeness (QED) is 0.163. The van der Waals surface area contributed by atoms with Crippen molar-refractivity contribution < 1.29 is 27.7 Å². The van der Waals surface area contributed by atoms with Crippen molar-refractivity contribution in [3.8, 4) is 16.9 Å². The van der Waals surface area contributed by atoms with E-state index < -0.39 is 14.9 Å². The van der Waals surface area contributed by atoms with Crippen LogP contribution in [0, 0.1) is 10.1 Å². The molecular weight excluding hydrogens is 574 g/mol. The molecular formula is C30H27N5O7S. The Kier molecular flexibility index (Phi) is 8.10. The number of nitrogens with zero attached hydrogens (tertiary/aromatic N) is 1. The molecule has 0 saturated heterocycles. The first-order chi connectivity index (χ1) is 20.5. The number of nitrogens with two attached hydrogens (primary N) is 1. The van der Waals surface area contributed by atoms with E-state index in [0.717, 1.165) is 11.1 Å². The maximum atomic E-state index is 13.1. The Hall–Kier alpha value is -5.27. The van der Waals surface area contributed by atoms with Gasteiger partial charge in [0.1, 0.15) is 0 Å². The summed E-state index contributed by atoms with van der Waals surface area (Å²) >= 11 is 0. The van der Waals surface area contributed by atoms with Gasteiger partial charge in [-0.15, -0.1) is 0 Å². The Labute approximate surface area is 247 Å². The largest absolute Gasteiger partial charge is 0.490 e. The van der Waals surface area contributed by atoms with Crippen molar-refractivity contribution in [3.05, 3.63) is 106 Å². The summed E-state index contributed by atoms with van der Waals surface area (Å²) in [6.07, 6.45) is 0.598. The van der Waals surface area contributed by atoms with Crippen molar-refractivity contribution in [2.24, 2.45) is 5.14 Å². The van der Waals surface area contributed by atoms with Gasteiger partial charge in [0.15, 0.2) is 5.75 Å². The molecule has 0 atom stereocenters. The van der Waals surface area contributed by atoms with Crippen molar-refractivity contribution in [1.82, 2.24) is 5.32 Å². The van der Waals surface area contributed by atoms with Crippen LogP contribution < -0.4 is 25.8 Å². The first-order valence-corrected chi connectivity index (χ1v) is 14.6. The minimum Gasteiger partial charge on any atom is -0.490 e. The van der Waals surface area contributed by atoms with Gasteiger partial charge in [-0.25, -0.2) is 13.6 Å². The summed E-state index contributed by atoms with van der Waals surface area (Å²) in [5, 5.41) is 25.4. The molecule has 43 heavy (non-hydrogen) atoms. The lowest BCUT2D eigenvalue weighted by Crippen LogP contribution is -2.27. The van der Waals surface area contributed by atoms with E-state index >= 15 is 0 Å². The molecule has 0 radical (unpaired) electrons. The zero-order chi connectivity index (χ0) is 30.7. The normalized spacial score (nSPS) is 12.2. The summed E-state index contributed by atoms with van der Waals surface area (Å²) < 4.78 is 28.0. The second-order valence-corrected chi connectivity index (χ2v) is 11.4. The summed E-state index contributed by atoms with van der Waals surface area (Å²) in [5.74, 6) is -0.409. The number of nitrogens with one attached hydrogen (secondary N) is 3. The van der Waals surface area contributed by atoms with E-state index in [0.29, 0.717) is 46.7 Å². The van der Waals surface area contributed by atoms with Crippen molar-refractivity contribution in [2.45, 2.75) is 17.7 Å². The maximum Gasteiger partial charge on any atom is 0.310 e. The number of sulfonamides is 1. The van der Waals surface area contributed by atoms with Gasteiger partial charge in [0.2, 0.25) is 15.9 Å². The Bertz CT molecular complexity index is 1860. The van der Waals surface area contributed by atoms with Gasteiger partial charge >= 0.3 is 5.69 Å². The Morgan fingerprint density at radius 1 is 0.907 bits per heavy atom. The standard InChI is InChI=1S/C30H27N5O7S/c1-42-28-17-21(6-11-27(28)35(38)39)20-5-9-23-25(16-20)33-24-10-4-19(14-26(24)34-30(23)37)15-29(36)32-13-12-18-2-7-22(8-3-18)43(31,40)41/h2-11,14,16-17,33H,12-13,15H2,1H3,(H,32,36)(H,34,37)(H2,31,40,41). The number of anilines is 3. The van der Waals surface area contributed by atoms with Crippen molar-refractivity contribution in [2.75, 3.05) is 24.3 Å². The average molecular weight is 602 g/mol. The lowest BCUT2D eigenvalue weighted by Gasteiger charge is -2.12. The molecule has 0 aromatic heterocycles. The molecule has 12 nitrogen and oxygen atoms in total. The van der Waals surface area contributed by atoms with Gasteiger partial charge in [0, 0.05) is 12.6 Å². The molecule has 0 bridgehead atoms. The van der Waals surface area contributed by atoms with Crippen molar-refractivity contribution in [1.29, 1.82) is 0 Å². The highest BCUT2D eigenvalue weighted by Gasteiger charge is 2.21. The number of fused-ring (bicyclic) bond motifs is 2. The fourth-order valence-electron chi connectivity index (χ4n) is 4.72. The number of methoxy groups -OCH3 is 1. The van der Waals surface area contributed by atoms with E-state index in [9.17, 15) is 28.1 Å². The highest BCUT2D eigenvalue weighted by molar-refractivity contribution is 7.89. The van der Waals surface area contributed by atoms with E-state index in [1.54, 1.807) is 60.7 Å². The molecule has 0 spiro atoms. The third-order valence-corrected chi connectivity index (χ3v) is 7.86. The van der Waals surface area contributed by atoms with Gasteiger partial charge in [0.05, 0.1) is 46.0 Å². The van der Waals surface area contributed by atoms with Crippen molar-refractivity contribution >= 4 is 44.6 Å². The monoisotopic (exact) mass is 601 g/mol. The first kappa shape index (κ1) is 29.2. The van der Waals surface area contributed by atoms with E-state index in [2.05, 4.69) is 16.0 Å². The van der Waals surface area contributed by atoms with Gasteiger partial charge < -0.3 is 20.7 Å². The van der Waals surface area contributed by atoms with Crippen LogP contribution in [0.15, 0.2) is 83.8 Å². The predicted molar refractivity (Wildman–Crippen MR) is 161 cm³/mol. The summed E-state index contributed by atoms with van der Waals surface area (Å²) in [6, 6.07) is 21.2. The van der Waals surface area contributed by atoms with Gasteiger partial charge in [-0.3, -0.25) is 19.7 Å². The Morgan fingerprint density at radius 3 is 2.30 bits per heavy atom. The summed E-state index contributed by atoms with van der Waals surface area (Å²) in [5.41, 5.74) is 4.91. The van der Waals surface area contributed by atoms with E-state index in [1.165, 1.54) is 25.3 Å². The molecule has 13 heteroatoms. The lowest BCUT2D eigenvalue weighted by atomic mass is 10.0. The molecule has 1 heterocycles. The number of ether oxygens (including phenoxy) is 1. The molecule has 5 rings (SSSR count). The van der Waals surface area contributed by atoms with E-state index in [1.807, 2.05) is 0 Å². The van der Waals surface area contributed by atoms with Crippen LogP contribution >= 0.6 is 0 Å². The van der Waals surface area contributed by atoms with Crippen LogP contribution in [-0.2, 0) is 27.7 Å². The number of nitro groups is 1. The molecule has 0 unspecified atom stereocenters. The summed E-state index contributed by atoms with van der Waals surface area (Å²) in [6.45, 7) is 0.356. The van der Waals surface area contributed by atoms with Crippen LogP contribution in [0.2, 0.25) is 0 Å². The van der Waals surface area contributed by atoms with Crippen LogP contribution in [-0.4, -0.2) is 38.8 Å². The number of carbonyl (C=O) groups is 2. The summed E-state index contributed by atoms with van der Waals surface area (Å²) in [7, 11) is -2.39. The van der Waals surface area contributed by atoms with E-state index in [-0.39, 0.29) is 34.6 Å². The van der Waals surface area contributed by atoms with Crippen LogP contribution in [0.25, 0.3) is 11.1 Å². The predicted octanol–water partition coefficient (Wildman–Crippen LogP) is 4.13. The number of primary sulfonamides is 1. The van der Waals surface area contributed by atoms with E-state index in [4.69, 9.17) is 9.88 Å². The number of rotatable bonds is 9. The second kappa shape index (κ2) is 11.9. The fraction of sp³-hybridized carbons (Fsp3) is 0.133. The number of carbonyl (C=O) groups excluding carboxylic acids is 2. The molecule has 220 valence electrons. The highest BCUT2D eigenvalue weighted by Crippen LogP contribution is 2.37. The smallest absolute Gasteiger partial charge is 0.310 e. The molecule has 0 aliphatic carbocycles. The average Bonchev–Trinajstić information content (AvgIpc) is 3.11. The molecule has 4 aromatic rings. The number of hydrogen-bond acceptors (Lipinski definition) is 8. The third-order valence-electron chi connectivity index (χ3n) is 6.93. The molecule has 5 N–H and O–H groups in total. The van der Waals surface area contributed by atoms with Crippen molar-refractivity contribution in [3.63, 3.8) is 0 Å². The van der Waals surface area contributed by atoms with Gasteiger partial charge in [0.25, 0.3) is 5.91 Å². The molecule has 1 aliphatic heterocycles. The van der Waals surface area contributed by atoms with Gasteiger partial charge in [-0.2, -0.15) is 0 Å². The number of nitro benzene ring substituents is 1. The Morgan fingerprint density at radius 2 is 1.60 bits per heavy atom. The lowest BCUT2D eigenvalue weighted by molar-refractivity contribution is -0.385. The highest BCUT2D eigenvalue weighted by atomic mass is 32.2. The SMILES string of the molecule is COc1cc(-c2ccc3c(c2)Nc2ccc(CC(=O)NCCc4ccc(S(N)(=O)=O)cc4)cc2NC3=O)ccc1[N+](=O)[O-]. The van der Waals surface area contributed by atoms with Crippen LogP contribution in [0.3, 0.4) is 0 Å². The topological polar surface area (TPSA) is 183 Å². The molecule has 0 fully saturated rings. The van der Waals surface area contributed by atoms with Crippen LogP contribution in [0.1, 0.15) is 21.5 Å². The number of benzene rings is 4. The maximum absolute atomic E-state index is 13.1. The third kappa shape index (κ3) is 6.63. The zero-order valence-electron chi connectivity index (χ0n) is 22.9. The molecule has 2 amide bonds. The van der Waals surface area contributed by atoms with Crippen LogP contribution in [0.5, 0.6) is 5.75 Å². The minimum atomic E-state index is -3.76. The van der Waals surface area contributed by atoms with Crippen LogP contribution in [0.4, 0.5) is 22.7 Å². The fourth-order valence-corrected chi connectivity index (χ4v) is 5.24. The first-order valence-electron chi connectivity index (χ1n) is 13.1. The van der Waals surface area contributed by atoms with Gasteiger partial charge in [-0.05, 0) is 77.2 Å².